The maximum atomic E-state index is 6.37. The summed E-state index contributed by atoms with van der Waals surface area (Å²) < 4.78 is 7.38. The maximum Gasteiger partial charge on any atom is 0.161 e. The highest BCUT2D eigenvalue weighted by atomic mass is 32.2. The second-order valence-electron chi connectivity index (χ2n) is 5.48. The molecule has 108 valence electrons. The quantitative estimate of drug-likeness (QED) is 0.871. The summed E-state index contributed by atoms with van der Waals surface area (Å²) in [6, 6.07) is 0.298. The third kappa shape index (κ3) is 3.45. The lowest BCUT2D eigenvalue weighted by atomic mass is 10.2. The predicted molar refractivity (Wildman–Crippen MR) is 80.8 cm³/mol. The monoisotopic (exact) mass is 283 g/mol. The van der Waals surface area contributed by atoms with E-state index in [1.165, 1.54) is 25.7 Å². The SMILES string of the molecule is COc1cnn(C(C)C)c1C(N)CSC1CCCC1. The highest BCUT2D eigenvalue weighted by molar-refractivity contribution is 7.99. The van der Waals surface area contributed by atoms with Gasteiger partial charge in [0, 0.05) is 17.0 Å². The van der Waals surface area contributed by atoms with Gasteiger partial charge in [-0.2, -0.15) is 16.9 Å². The summed E-state index contributed by atoms with van der Waals surface area (Å²) in [4.78, 5) is 0. The molecule has 1 fully saturated rings. The lowest BCUT2D eigenvalue weighted by Crippen LogP contribution is -2.21. The van der Waals surface area contributed by atoms with Crippen LogP contribution in [0.3, 0.4) is 0 Å². The Morgan fingerprint density at radius 3 is 2.74 bits per heavy atom. The predicted octanol–water partition coefficient (Wildman–Crippen LogP) is 3.15. The van der Waals surface area contributed by atoms with Crippen molar-refractivity contribution in [2.75, 3.05) is 12.9 Å². The fourth-order valence-corrected chi connectivity index (χ4v) is 3.96. The van der Waals surface area contributed by atoms with E-state index in [9.17, 15) is 0 Å². The molecular weight excluding hydrogens is 258 g/mol. The molecule has 1 heterocycles. The molecule has 1 unspecified atom stereocenters. The number of rotatable bonds is 6. The molecule has 0 bridgehead atoms. The molecule has 2 rings (SSSR count). The van der Waals surface area contributed by atoms with Gasteiger partial charge in [-0.3, -0.25) is 4.68 Å². The van der Waals surface area contributed by atoms with Crippen molar-refractivity contribution in [2.45, 2.75) is 56.9 Å². The van der Waals surface area contributed by atoms with Gasteiger partial charge in [0.1, 0.15) is 0 Å². The highest BCUT2D eigenvalue weighted by Crippen LogP contribution is 2.34. The summed E-state index contributed by atoms with van der Waals surface area (Å²) >= 11 is 2.01. The Morgan fingerprint density at radius 1 is 1.47 bits per heavy atom. The second kappa shape index (κ2) is 6.66. The van der Waals surface area contributed by atoms with Crippen molar-refractivity contribution >= 4 is 11.8 Å². The largest absolute Gasteiger partial charge is 0.493 e. The third-order valence-electron chi connectivity index (χ3n) is 3.67. The van der Waals surface area contributed by atoms with Crippen molar-refractivity contribution in [2.24, 2.45) is 5.73 Å². The van der Waals surface area contributed by atoms with Gasteiger partial charge in [0.2, 0.25) is 0 Å². The van der Waals surface area contributed by atoms with Crippen LogP contribution >= 0.6 is 11.8 Å². The second-order valence-corrected chi connectivity index (χ2v) is 6.82. The standard InChI is InChI=1S/C14H25N3OS/c1-10(2)17-14(13(18-3)8-16-17)12(15)9-19-11-6-4-5-7-11/h8,10-12H,4-7,9,15H2,1-3H3. The van der Waals surface area contributed by atoms with Crippen LogP contribution in [0.25, 0.3) is 0 Å². The first-order valence-corrected chi connectivity index (χ1v) is 8.17. The van der Waals surface area contributed by atoms with Crippen LogP contribution in [-0.2, 0) is 0 Å². The van der Waals surface area contributed by atoms with Crippen LogP contribution in [0.5, 0.6) is 5.75 Å². The van der Waals surface area contributed by atoms with Gasteiger partial charge in [-0.05, 0) is 26.7 Å². The van der Waals surface area contributed by atoms with Gasteiger partial charge >= 0.3 is 0 Å². The Labute approximate surface area is 120 Å². The molecule has 0 spiro atoms. The van der Waals surface area contributed by atoms with E-state index in [1.54, 1.807) is 13.3 Å². The molecule has 0 radical (unpaired) electrons. The number of nitrogens with two attached hydrogens (primary N) is 1. The molecule has 0 aliphatic heterocycles. The molecular formula is C14H25N3OS. The summed E-state index contributed by atoms with van der Waals surface area (Å²) in [5, 5.41) is 5.19. The van der Waals surface area contributed by atoms with Crippen molar-refractivity contribution in [3.63, 3.8) is 0 Å². The summed E-state index contributed by atoms with van der Waals surface area (Å²) in [7, 11) is 1.68. The molecule has 1 aliphatic rings. The van der Waals surface area contributed by atoms with Gasteiger partial charge in [0.05, 0.1) is 25.0 Å². The van der Waals surface area contributed by atoms with Crippen molar-refractivity contribution in [3.05, 3.63) is 11.9 Å². The van der Waals surface area contributed by atoms with Crippen molar-refractivity contribution < 1.29 is 4.74 Å². The van der Waals surface area contributed by atoms with Gasteiger partial charge in [0.15, 0.2) is 5.75 Å². The zero-order valence-corrected chi connectivity index (χ0v) is 12.9. The summed E-state index contributed by atoms with van der Waals surface area (Å²) in [6.07, 6.45) is 7.21. The molecule has 2 N–H and O–H groups in total. The molecule has 1 aromatic rings. The first-order chi connectivity index (χ1) is 9.13. The topological polar surface area (TPSA) is 53.1 Å². The molecule has 1 aromatic heterocycles. The van der Waals surface area contributed by atoms with E-state index < -0.39 is 0 Å². The van der Waals surface area contributed by atoms with Gasteiger partial charge < -0.3 is 10.5 Å². The minimum absolute atomic E-state index is 0.00884. The van der Waals surface area contributed by atoms with Crippen molar-refractivity contribution in [3.8, 4) is 5.75 Å². The zero-order valence-electron chi connectivity index (χ0n) is 12.1. The lowest BCUT2D eigenvalue weighted by molar-refractivity contribution is 0.399. The average molecular weight is 283 g/mol. The summed E-state index contributed by atoms with van der Waals surface area (Å²) in [5.74, 6) is 1.76. The van der Waals surface area contributed by atoms with E-state index in [0.29, 0.717) is 6.04 Å². The number of hydrogen-bond acceptors (Lipinski definition) is 4. The highest BCUT2D eigenvalue weighted by Gasteiger charge is 2.22. The van der Waals surface area contributed by atoms with E-state index in [2.05, 4.69) is 18.9 Å². The van der Waals surface area contributed by atoms with Crippen molar-refractivity contribution in [1.82, 2.24) is 9.78 Å². The number of aromatic nitrogens is 2. The molecule has 1 atom stereocenters. The van der Waals surface area contributed by atoms with Crippen molar-refractivity contribution in [1.29, 1.82) is 0 Å². The number of methoxy groups -OCH3 is 1. The number of nitrogens with zero attached hydrogens (tertiary/aromatic N) is 2. The molecule has 0 amide bonds. The Balaban J connectivity index is 2.03. The lowest BCUT2D eigenvalue weighted by Gasteiger charge is -2.19. The third-order valence-corrected chi connectivity index (χ3v) is 5.17. The smallest absolute Gasteiger partial charge is 0.161 e. The normalized spacial score (nSPS) is 18.2. The van der Waals surface area contributed by atoms with Gasteiger partial charge in [0.25, 0.3) is 0 Å². The van der Waals surface area contributed by atoms with E-state index >= 15 is 0 Å². The van der Waals surface area contributed by atoms with E-state index in [4.69, 9.17) is 10.5 Å². The number of thioether (sulfide) groups is 1. The molecule has 4 nitrogen and oxygen atoms in total. The Kier molecular flexibility index (Phi) is 5.16. The van der Waals surface area contributed by atoms with Crippen LogP contribution in [0, 0.1) is 0 Å². The first kappa shape index (κ1) is 14.7. The van der Waals surface area contributed by atoms with Crippen LogP contribution in [0.4, 0.5) is 0 Å². The van der Waals surface area contributed by atoms with Crippen LogP contribution in [0.15, 0.2) is 6.20 Å². The van der Waals surface area contributed by atoms with Gasteiger partial charge in [-0.25, -0.2) is 0 Å². The van der Waals surface area contributed by atoms with E-state index in [0.717, 1.165) is 22.4 Å². The van der Waals surface area contributed by atoms with Crippen LogP contribution in [0.1, 0.15) is 57.3 Å². The van der Waals surface area contributed by atoms with Crippen LogP contribution < -0.4 is 10.5 Å². The first-order valence-electron chi connectivity index (χ1n) is 7.12. The number of hydrogen-bond donors (Lipinski definition) is 1. The Morgan fingerprint density at radius 2 is 2.16 bits per heavy atom. The minimum Gasteiger partial charge on any atom is -0.493 e. The summed E-state index contributed by atoms with van der Waals surface area (Å²) in [5.41, 5.74) is 7.40. The maximum absolute atomic E-state index is 6.37. The van der Waals surface area contributed by atoms with E-state index in [1.807, 2.05) is 16.4 Å². The fraction of sp³-hybridized carbons (Fsp3) is 0.786. The molecule has 19 heavy (non-hydrogen) atoms. The Bertz CT molecular complexity index is 399. The fourth-order valence-electron chi connectivity index (χ4n) is 2.65. The van der Waals surface area contributed by atoms with Crippen LogP contribution in [-0.4, -0.2) is 27.9 Å². The zero-order chi connectivity index (χ0) is 13.8. The average Bonchev–Trinajstić information content (AvgIpc) is 3.04. The minimum atomic E-state index is -0.00884. The van der Waals surface area contributed by atoms with E-state index in [-0.39, 0.29) is 6.04 Å². The van der Waals surface area contributed by atoms with Crippen LogP contribution in [0.2, 0.25) is 0 Å². The molecule has 0 saturated heterocycles. The molecule has 5 heteroatoms. The summed E-state index contributed by atoms with van der Waals surface area (Å²) in [6.45, 7) is 4.24. The Hall–Kier alpha value is -0.680. The molecule has 1 aliphatic carbocycles. The molecule has 1 saturated carbocycles. The number of ether oxygens (including phenoxy) is 1. The van der Waals surface area contributed by atoms with Gasteiger partial charge in [-0.15, -0.1) is 0 Å². The molecule has 0 aromatic carbocycles. The van der Waals surface area contributed by atoms with Gasteiger partial charge in [-0.1, -0.05) is 12.8 Å².